The summed E-state index contributed by atoms with van der Waals surface area (Å²) >= 11 is 0. The van der Waals surface area contributed by atoms with Gasteiger partial charge in [0.25, 0.3) is 0 Å². The number of hydrogen-bond acceptors (Lipinski definition) is 9. The van der Waals surface area contributed by atoms with E-state index in [-0.39, 0.29) is 28.9 Å². The van der Waals surface area contributed by atoms with E-state index in [9.17, 15) is 39.9 Å². The molecule has 0 aliphatic carbocycles. The van der Waals surface area contributed by atoms with E-state index in [0.717, 1.165) is 0 Å². The second kappa shape index (κ2) is 8.60. The average molecular weight is 434 g/mol. The van der Waals surface area contributed by atoms with E-state index in [0.29, 0.717) is 10.9 Å². The summed E-state index contributed by atoms with van der Waals surface area (Å²) in [6, 6.07) is 6.08. The van der Waals surface area contributed by atoms with E-state index in [1.165, 1.54) is 26.0 Å². The van der Waals surface area contributed by atoms with Crippen molar-refractivity contribution < 1.29 is 49.4 Å². The first-order valence-corrected chi connectivity index (χ1v) is 9.40. The van der Waals surface area contributed by atoms with Crippen LogP contribution in [0.15, 0.2) is 24.3 Å². The fourth-order valence-corrected chi connectivity index (χ4v) is 3.63. The summed E-state index contributed by atoms with van der Waals surface area (Å²) in [4.78, 5) is 35.0. The van der Waals surface area contributed by atoms with E-state index in [1.807, 2.05) is 0 Å². The topological polar surface area (TPSA) is 171 Å². The second-order valence-corrected chi connectivity index (χ2v) is 7.40. The van der Waals surface area contributed by atoms with Gasteiger partial charge in [0.05, 0.1) is 10.9 Å². The van der Waals surface area contributed by atoms with Crippen molar-refractivity contribution >= 4 is 28.3 Å². The highest BCUT2D eigenvalue weighted by Crippen LogP contribution is 2.39. The number of benzene rings is 2. The molecular formula is C21H22O10. The van der Waals surface area contributed by atoms with Gasteiger partial charge in [0.15, 0.2) is 11.9 Å². The number of aliphatic hydroxyl groups excluding tert-OH is 3. The number of carbonyl (C=O) groups is 3. The summed E-state index contributed by atoms with van der Waals surface area (Å²) in [5, 5.41) is 50.4. The standard InChI is InChI=1S/C21H22O10/c1-8(22)6-11-7-10-4-3-5-12(14(10)15(24)13(11)9(2)23)30-21-18(27)16(25)17(26)19(31-21)20(28)29/h3-5,7,16-19,21,24-27H,6H2,1-2H3,(H,28,29)/t16-,17+,18-,19+,21-/m1/s1. The van der Waals surface area contributed by atoms with Crippen molar-refractivity contribution in [1.82, 2.24) is 0 Å². The van der Waals surface area contributed by atoms with Crippen LogP contribution < -0.4 is 4.74 Å². The number of carbonyl (C=O) groups excluding carboxylic acids is 2. The maximum atomic E-state index is 12.2. The first kappa shape index (κ1) is 22.6. The maximum Gasteiger partial charge on any atom is 0.335 e. The number of Topliss-reactive ketones (excluding diaryl/α,β-unsaturated/α-hetero) is 2. The van der Waals surface area contributed by atoms with Gasteiger partial charge >= 0.3 is 5.97 Å². The number of phenolic OH excluding ortho intramolecular Hbond substituents is 1. The highest BCUT2D eigenvalue weighted by molar-refractivity contribution is 6.07. The molecule has 10 nitrogen and oxygen atoms in total. The lowest BCUT2D eigenvalue weighted by atomic mass is 9.93. The van der Waals surface area contributed by atoms with Crippen molar-refractivity contribution in [2.24, 2.45) is 0 Å². The van der Waals surface area contributed by atoms with Crippen LogP contribution in [0.25, 0.3) is 10.8 Å². The molecule has 1 aliphatic rings. The highest BCUT2D eigenvalue weighted by Gasteiger charge is 2.48. The van der Waals surface area contributed by atoms with Crippen LogP contribution in [0.5, 0.6) is 11.5 Å². The molecular weight excluding hydrogens is 412 g/mol. The minimum atomic E-state index is -1.88. The average Bonchev–Trinajstić information content (AvgIpc) is 2.67. The van der Waals surface area contributed by atoms with E-state index in [2.05, 4.69) is 0 Å². The van der Waals surface area contributed by atoms with Gasteiger partial charge in [-0.2, -0.15) is 0 Å². The molecule has 0 amide bonds. The number of ketones is 2. The smallest absolute Gasteiger partial charge is 0.335 e. The quantitative estimate of drug-likeness (QED) is 0.394. The molecule has 10 heteroatoms. The summed E-state index contributed by atoms with van der Waals surface area (Å²) < 4.78 is 10.7. The Kier molecular flexibility index (Phi) is 6.27. The van der Waals surface area contributed by atoms with Crippen molar-refractivity contribution in [1.29, 1.82) is 0 Å². The van der Waals surface area contributed by atoms with Gasteiger partial charge in [0.1, 0.15) is 35.6 Å². The zero-order chi connectivity index (χ0) is 23.0. The van der Waals surface area contributed by atoms with Crippen LogP contribution in [0.3, 0.4) is 0 Å². The molecule has 166 valence electrons. The highest BCUT2D eigenvalue weighted by atomic mass is 16.7. The van der Waals surface area contributed by atoms with Crippen LogP contribution in [-0.4, -0.2) is 73.8 Å². The number of carboxylic acids is 1. The van der Waals surface area contributed by atoms with Crippen molar-refractivity contribution in [2.75, 3.05) is 0 Å². The Morgan fingerprint density at radius 1 is 1.06 bits per heavy atom. The van der Waals surface area contributed by atoms with Crippen LogP contribution in [0.2, 0.25) is 0 Å². The minimum Gasteiger partial charge on any atom is -0.506 e. The predicted molar refractivity (Wildman–Crippen MR) is 105 cm³/mol. The van der Waals surface area contributed by atoms with E-state index in [4.69, 9.17) is 9.47 Å². The van der Waals surface area contributed by atoms with E-state index >= 15 is 0 Å². The van der Waals surface area contributed by atoms with Gasteiger partial charge in [-0.25, -0.2) is 4.79 Å². The van der Waals surface area contributed by atoms with Crippen LogP contribution in [-0.2, 0) is 20.7 Å². The molecule has 0 unspecified atom stereocenters. The van der Waals surface area contributed by atoms with Crippen LogP contribution in [0.1, 0.15) is 29.8 Å². The number of rotatable bonds is 6. The van der Waals surface area contributed by atoms with Gasteiger partial charge in [-0.15, -0.1) is 0 Å². The van der Waals surface area contributed by atoms with Crippen LogP contribution in [0, 0.1) is 0 Å². The molecule has 0 bridgehead atoms. The Labute approximate surface area is 176 Å². The third-order valence-corrected chi connectivity index (χ3v) is 5.03. The Morgan fingerprint density at radius 3 is 2.32 bits per heavy atom. The first-order valence-electron chi connectivity index (χ1n) is 9.40. The number of ether oxygens (including phenoxy) is 2. The molecule has 5 atom stereocenters. The van der Waals surface area contributed by atoms with E-state index < -0.39 is 48.2 Å². The largest absolute Gasteiger partial charge is 0.506 e. The maximum absolute atomic E-state index is 12.2. The molecule has 0 saturated carbocycles. The zero-order valence-corrected chi connectivity index (χ0v) is 16.7. The first-order chi connectivity index (χ1) is 14.5. The Bertz CT molecular complexity index is 1050. The van der Waals surface area contributed by atoms with Crippen molar-refractivity contribution in [3.05, 3.63) is 35.4 Å². The number of aliphatic carboxylic acids is 1. The van der Waals surface area contributed by atoms with Crippen LogP contribution >= 0.6 is 0 Å². The minimum absolute atomic E-state index is 0.0661. The summed E-state index contributed by atoms with van der Waals surface area (Å²) in [5.41, 5.74) is 0.267. The summed E-state index contributed by atoms with van der Waals surface area (Å²) in [6.45, 7) is 2.59. The normalized spacial score (nSPS) is 25.9. The van der Waals surface area contributed by atoms with Gasteiger partial charge in [0, 0.05) is 6.42 Å². The molecule has 3 rings (SSSR count). The SMILES string of the molecule is CC(=O)Cc1cc2cccc(O[C@@H]3O[C@H](C(=O)O)[C@@H](O)[C@@H](O)[C@H]3O)c2c(O)c1C(C)=O. The molecule has 1 heterocycles. The van der Waals surface area contributed by atoms with Gasteiger partial charge in [-0.05, 0) is 36.9 Å². The van der Waals surface area contributed by atoms with Gasteiger partial charge in [0.2, 0.25) is 6.29 Å². The lowest BCUT2D eigenvalue weighted by Crippen LogP contribution is -2.61. The summed E-state index contributed by atoms with van der Waals surface area (Å²) in [7, 11) is 0. The molecule has 2 aromatic carbocycles. The third kappa shape index (κ3) is 4.23. The molecule has 5 N–H and O–H groups in total. The lowest BCUT2D eigenvalue weighted by molar-refractivity contribution is -0.270. The number of fused-ring (bicyclic) bond motifs is 1. The molecule has 1 saturated heterocycles. The number of aliphatic hydroxyl groups is 3. The van der Waals surface area contributed by atoms with E-state index in [1.54, 1.807) is 12.1 Å². The number of phenols is 1. The fourth-order valence-electron chi connectivity index (χ4n) is 3.63. The molecule has 2 aromatic rings. The number of aromatic hydroxyl groups is 1. The summed E-state index contributed by atoms with van der Waals surface area (Å²) in [5.74, 6) is -2.77. The molecule has 0 radical (unpaired) electrons. The lowest BCUT2D eigenvalue weighted by Gasteiger charge is -2.38. The van der Waals surface area contributed by atoms with Crippen molar-refractivity contribution in [3.63, 3.8) is 0 Å². The zero-order valence-electron chi connectivity index (χ0n) is 16.7. The van der Waals surface area contributed by atoms with Crippen molar-refractivity contribution in [2.45, 2.75) is 51.0 Å². The molecule has 0 aromatic heterocycles. The van der Waals surface area contributed by atoms with Crippen molar-refractivity contribution in [3.8, 4) is 11.5 Å². The van der Waals surface area contributed by atoms with Gasteiger partial charge in [-0.3, -0.25) is 9.59 Å². The Morgan fingerprint density at radius 2 is 1.74 bits per heavy atom. The Hall–Kier alpha value is -3.05. The molecule has 1 aliphatic heterocycles. The predicted octanol–water partition coefficient (Wildman–Crippen LogP) is 0.151. The van der Waals surface area contributed by atoms with Crippen LogP contribution in [0.4, 0.5) is 0 Å². The summed E-state index contributed by atoms with van der Waals surface area (Å²) in [6.07, 6.45) is -9.17. The van der Waals surface area contributed by atoms with Gasteiger partial charge < -0.3 is 35.0 Å². The van der Waals surface area contributed by atoms with Gasteiger partial charge in [-0.1, -0.05) is 12.1 Å². The number of carboxylic acid groups (broad SMARTS) is 1. The second-order valence-electron chi connectivity index (χ2n) is 7.40. The molecule has 31 heavy (non-hydrogen) atoms. The Balaban J connectivity index is 2.09. The third-order valence-electron chi connectivity index (χ3n) is 5.03. The molecule has 0 spiro atoms. The molecule has 1 fully saturated rings. The number of hydrogen-bond donors (Lipinski definition) is 5. The monoisotopic (exact) mass is 434 g/mol. The fraction of sp³-hybridized carbons (Fsp3) is 0.381.